The summed E-state index contributed by atoms with van der Waals surface area (Å²) in [6.07, 6.45) is 3.40. The normalized spacial score (nSPS) is 12.3. The van der Waals surface area contributed by atoms with E-state index in [-0.39, 0.29) is 10.8 Å². The Morgan fingerprint density at radius 2 is 1.35 bits per heavy atom. The van der Waals surface area contributed by atoms with E-state index < -0.39 is 16.0 Å². The molecule has 0 aliphatic heterocycles. The van der Waals surface area contributed by atoms with Gasteiger partial charge in [-0.3, -0.25) is 9.52 Å². The van der Waals surface area contributed by atoms with Crippen molar-refractivity contribution in [2.24, 2.45) is 5.92 Å². The van der Waals surface area contributed by atoms with E-state index in [0.29, 0.717) is 24.9 Å². The SMILES string of the molecule is O=C(O)C(CCCc1ccc(S(=O)(=O)Nc2ccccc2)cc1)CCc1ccccc1. The summed E-state index contributed by atoms with van der Waals surface area (Å²) >= 11 is 0. The van der Waals surface area contributed by atoms with Gasteiger partial charge in [-0.15, -0.1) is 0 Å². The first kappa shape index (κ1) is 22.6. The molecule has 0 aliphatic rings. The number of rotatable bonds is 11. The summed E-state index contributed by atoms with van der Waals surface area (Å²) in [5.41, 5.74) is 2.65. The van der Waals surface area contributed by atoms with E-state index in [9.17, 15) is 18.3 Å². The summed E-state index contributed by atoms with van der Waals surface area (Å²) < 4.78 is 27.6. The molecule has 31 heavy (non-hydrogen) atoms. The van der Waals surface area contributed by atoms with Crippen molar-refractivity contribution in [2.45, 2.75) is 37.0 Å². The maximum Gasteiger partial charge on any atom is 0.306 e. The Balaban J connectivity index is 1.51. The number of hydrogen-bond acceptors (Lipinski definition) is 3. The largest absolute Gasteiger partial charge is 0.481 e. The molecule has 0 bridgehead atoms. The van der Waals surface area contributed by atoms with Gasteiger partial charge in [-0.2, -0.15) is 0 Å². The van der Waals surface area contributed by atoms with Crippen LogP contribution in [0.1, 0.15) is 30.4 Å². The van der Waals surface area contributed by atoms with Gasteiger partial charge in [0, 0.05) is 5.69 Å². The monoisotopic (exact) mass is 437 g/mol. The molecule has 0 saturated carbocycles. The van der Waals surface area contributed by atoms with Gasteiger partial charge in [0.1, 0.15) is 0 Å². The Hall–Kier alpha value is -3.12. The fourth-order valence-corrected chi connectivity index (χ4v) is 4.54. The second-order valence-electron chi connectivity index (χ2n) is 7.57. The molecule has 6 heteroatoms. The standard InChI is InChI=1S/C25H27NO4S/c27-25(28)22(17-14-20-8-3-1-4-9-20)11-7-10-21-15-18-24(19-16-21)31(29,30)26-23-12-5-2-6-13-23/h1-6,8-9,12-13,15-16,18-19,22,26H,7,10-11,14,17H2,(H,27,28). The predicted molar refractivity (Wildman–Crippen MR) is 123 cm³/mol. The smallest absolute Gasteiger partial charge is 0.306 e. The molecule has 0 radical (unpaired) electrons. The minimum Gasteiger partial charge on any atom is -0.481 e. The van der Waals surface area contributed by atoms with E-state index in [2.05, 4.69) is 4.72 Å². The zero-order valence-electron chi connectivity index (χ0n) is 17.3. The van der Waals surface area contributed by atoms with Gasteiger partial charge in [-0.25, -0.2) is 8.42 Å². The summed E-state index contributed by atoms with van der Waals surface area (Å²) in [6.45, 7) is 0. The first-order chi connectivity index (χ1) is 14.9. The van der Waals surface area contributed by atoms with Crippen LogP contribution in [0, 0.1) is 5.92 Å². The molecule has 3 aromatic rings. The minimum atomic E-state index is -3.64. The number of carbonyl (C=O) groups is 1. The maximum absolute atomic E-state index is 12.5. The molecule has 2 N–H and O–H groups in total. The highest BCUT2D eigenvalue weighted by molar-refractivity contribution is 7.92. The van der Waals surface area contributed by atoms with Gasteiger partial charge in [-0.1, -0.05) is 60.7 Å². The van der Waals surface area contributed by atoms with Gasteiger partial charge in [0.2, 0.25) is 0 Å². The lowest BCUT2D eigenvalue weighted by molar-refractivity contribution is -0.142. The summed E-state index contributed by atoms with van der Waals surface area (Å²) in [7, 11) is -3.64. The van der Waals surface area contributed by atoms with E-state index in [1.165, 1.54) is 0 Å². The summed E-state index contributed by atoms with van der Waals surface area (Å²) in [5, 5.41) is 9.52. The second-order valence-corrected chi connectivity index (χ2v) is 9.25. The van der Waals surface area contributed by atoms with Crippen LogP contribution in [0.25, 0.3) is 0 Å². The van der Waals surface area contributed by atoms with Gasteiger partial charge in [0.15, 0.2) is 0 Å². The van der Waals surface area contributed by atoms with Crippen LogP contribution < -0.4 is 4.72 Å². The lowest BCUT2D eigenvalue weighted by Gasteiger charge is -2.12. The van der Waals surface area contributed by atoms with E-state index in [0.717, 1.165) is 24.0 Å². The number of anilines is 1. The van der Waals surface area contributed by atoms with Crippen LogP contribution in [0.15, 0.2) is 89.8 Å². The molecule has 0 spiro atoms. The molecule has 0 aromatic heterocycles. The van der Waals surface area contributed by atoms with Crippen molar-refractivity contribution in [2.75, 3.05) is 4.72 Å². The molecule has 0 saturated heterocycles. The molecule has 0 amide bonds. The third-order valence-electron chi connectivity index (χ3n) is 5.25. The number of carboxylic acid groups (broad SMARTS) is 1. The molecule has 0 aliphatic carbocycles. The van der Waals surface area contributed by atoms with Crippen LogP contribution >= 0.6 is 0 Å². The first-order valence-corrected chi connectivity index (χ1v) is 11.9. The Bertz CT molecular complexity index is 1070. The highest BCUT2D eigenvalue weighted by atomic mass is 32.2. The quantitative estimate of drug-likeness (QED) is 0.435. The van der Waals surface area contributed by atoms with Crippen LogP contribution in [0.5, 0.6) is 0 Å². The number of hydrogen-bond donors (Lipinski definition) is 2. The molecule has 0 heterocycles. The van der Waals surface area contributed by atoms with E-state index >= 15 is 0 Å². The Morgan fingerprint density at radius 1 is 0.774 bits per heavy atom. The zero-order valence-corrected chi connectivity index (χ0v) is 18.1. The van der Waals surface area contributed by atoms with Crippen LogP contribution in [-0.4, -0.2) is 19.5 Å². The topological polar surface area (TPSA) is 83.5 Å². The van der Waals surface area contributed by atoms with E-state index in [4.69, 9.17) is 0 Å². The lowest BCUT2D eigenvalue weighted by Crippen LogP contribution is -2.15. The Kier molecular flexibility index (Phi) is 7.84. The van der Waals surface area contributed by atoms with E-state index in [1.807, 2.05) is 36.4 Å². The van der Waals surface area contributed by atoms with Crippen molar-refractivity contribution in [3.05, 3.63) is 96.1 Å². The zero-order chi connectivity index (χ0) is 22.1. The third kappa shape index (κ3) is 6.96. The summed E-state index contributed by atoms with van der Waals surface area (Å²) in [6, 6.07) is 25.4. The van der Waals surface area contributed by atoms with Crippen LogP contribution in [0.4, 0.5) is 5.69 Å². The van der Waals surface area contributed by atoms with Crippen LogP contribution in [0.2, 0.25) is 0 Å². The summed E-state index contributed by atoms with van der Waals surface area (Å²) in [4.78, 5) is 11.8. The van der Waals surface area contributed by atoms with E-state index in [1.54, 1.807) is 48.5 Å². The van der Waals surface area contributed by atoms with Gasteiger partial charge in [-0.05, 0) is 67.5 Å². The van der Waals surface area contributed by atoms with Gasteiger partial charge >= 0.3 is 5.97 Å². The molecule has 3 aromatic carbocycles. The molecule has 1 unspecified atom stereocenters. The molecular formula is C25H27NO4S. The lowest BCUT2D eigenvalue weighted by atomic mass is 9.93. The number of benzene rings is 3. The maximum atomic E-state index is 12.5. The highest BCUT2D eigenvalue weighted by Crippen LogP contribution is 2.20. The van der Waals surface area contributed by atoms with Gasteiger partial charge in [0.05, 0.1) is 10.8 Å². The number of carboxylic acids is 1. The average Bonchev–Trinajstić information content (AvgIpc) is 2.77. The number of para-hydroxylation sites is 1. The molecule has 0 fully saturated rings. The number of sulfonamides is 1. The van der Waals surface area contributed by atoms with Crippen molar-refractivity contribution >= 4 is 21.7 Å². The molecule has 1 atom stereocenters. The minimum absolute atomic E-state index is 0.200. The number of aryl methyl sites for hydroxylation is 2. The van der Waals surface area contributed by atoms with Crippen molar-refractivity contribution in [1.29, 1.82) is 0 Å². The predicted octanol–water partition coefficient (Wildman–Crippen LogP) is 5.14. The molecule has 5 nitrogen and oxygen atoms in total. The van der Waals surface area contributed by atoms with Crippen molar-refractivity contribution in [3.8, 4) is 0 Å². The summed E-state index contributed by atoms with van der Waals surface area (Å²) in [5.74, 6) is -1.14. The Morgan fingerprint density at radius 3 is 1.97 bits per heavy atom. The number of nitrogens with one attached hydrogen (secondary N) is 1. The second kappa shape index (κ2) is 10.8. The average molecular weight is 438 g/mol. The molecular weight excluding hydrogens is 410 g/mol. The first-order valence-electron chi connectivity index (χ1n) is 10.4. The van der Waals surface area contributed by atoms with Crippen LogP contribution in [0.3, 0.4) is 0 Å². The molecule has 162 valence electrons. The van der Waals surface area contributed by atoms with Crippen molar-refractivity contribution < 1.29 is 18.3 Å². The fraction of sp³-hybridized carbons (Fsp3) is 0.240. The highest BCUT2D eigenvalue weighted by Gasteiger charge is 2.17. The molecule has 3 rings (SSSR count). The van der Waals surface area contributed by atoms with Crippen LogP contribution in [-0.2, 0) is 27.7 Å². The van der Waals surface area contributed by atoms with Crippen molar-refractivity contribution in [3.63, 3.8) is 0 Å². The van der Waals surface area contributed by atoms with Gasteiger partial charge < -0.3 is 5.11 Å². The van der Waals surface area contributed by atoms with Crippen molar-refractivity contribution in [1.82, 2.24) is 0 Å². The van der Waals surface area contributed by atoms with Gasteiger partial charge in [0.25, 0.3) is 10.0 Å². The number of aliphatic carboxylic acids is 1. The Labute approximate surface area is 183 Å². The third-order valence-corrected chi connectivity index (χ3v) is 6.65. The fourth-order valence-electron chi connectivity index (χ4n) is 3.48.